The van der Waals surface area contributed by atoms with Crippen LogP contribution in [0.25, 0.3) is 12.2 Å². The molecule has 0 aromatic heterocycles. The Bertz CT molecular complexity index is 1460. The van der Waals surface area contributed by atoms with Crippen LogP contribution in [0.5, 0.6) is 0 Å². The Hall–Kier alpha value is -3.28. The van der Waals surface area contributed by atoms with Gasteiger partial charge in [0.15, 0.2) is 5.30 Å². The van der Waals surface area contributed by atoms with E-state index in [0.717, 1.165) is 21.0 Å². The third kappa shape index (κ3) is 4.96. The molecule has 0 aliphatic rings. The van der Waals surface area contributed by atoms with Gasteiger partial charge in [-0.3, -0.25) is 0 Å². The first-order valence-electron chi connectivity index (χ1n) is 11.7. The van der Waals surface area contributed by atoms with Gasteiger partial charge in [0.05, 0.1) is 0 Å². The number of rotatable bonds is 4. The molecule has 0 N–H and O–H groups in total. The summed E-state index contributed by atoms with van der Waals surface area (Å²) in [6.45, 7) is 12.9. The van der Waals surface area contributed by atoms with Crippen LogP contribution in [0, 0.1) is 41.5 Å². The fourth-order valence-electron chi connectivity index (χ4n) is 4.87. The van der Waals surface area contributed by atoms with Crippen LogP contribution in [0.3, 0.4) is 0 Å². The molecule has 0 spiro atoms. The predicted octanol–water partition coefficient (Wildman–Crippen LogP) is 5.97. The van der Waals surface area contributed by atoms with Crippen LogP contribution in [0.15, 0.2) is 72.8 Å². The molecular formula is C32H32OP+. The lowest BCUT2D eigenvalue weighted by Gasteiger charge is -2.09. The number of hydrogen-bond donors (Lipinski definition) is 0. The van der Waals surface area contributed by atoms with Gasteiger partial charge in [-0.25, -0.2) is 0 Å². The van der Waals surface area contributed by atoms with Gasteiger partial charge in [-0.05, 0) is 110 Å². The van der Waals surface area contributed by atoms with E-state index in [0.29, 0.717) is 0 Å². The average molecular weight is 464 g/mol. The number of benzene rings is 4. The summed E-state index contributed by atoms with van der Waals surface area (Å²) in [7, 11) is -1.73. The van der Waals surface area contributed by atoms with Crippen LogP contribution in [0.2, 0.25) is 0 Å². The molecule has 0 aliphatic carbocycles. The van der Waals surface area contributed by atoms with E-state index in [2.05, 4.69) is 84.0 Å². The van der Waals surface area contributed by atoms with Crippen molar-refractivity contribution in [1.82, 2.24) is 0 Å². The molecule has 0 heterocycles. The molecule has 1 unspecified atom stereocenters. The molecule has 0 saturated heterocycles. The van der Waals surface area contributed by atoms with E-state index in [1.54, 1.807) is 0 Å². The van der Waals surface area contributed by atoms with Crippen molar-refractivity contribution in [2.24, 2.45) is 0 Å². The lowest BCUT2D eigenvalue weighted by atomic mass is 9.97. The second kappa shape index (κ2) is 9.92. The van der Waals surface area contributed by atoms with Gasteiger partial charge < -0.3 is 0 Å². The van der Waals surface area contributed by atoms with Gasteiger partial charge in [-0.2, -0.15) is 0 Å². The molecule has 0 radical (unpaired) electrons. The minimum atomic E-state index is -1.73. The van der Waals surface area contributed by atoms with Gasteiger partial charge in [-0.1, -0.05) is 70.3 Å². The normalized spacial score (nSPS) is 12.8. The van der Waals surface area contributed by atoms with Crippen molar-refractivity contribution >= 4 is 30.6 Å². The zero-order chi connectivity index (χ0) is 24.4. The standard InChI is InChI=1S/C32H32OP/c1-21-15-23(3)29(24(4)16-21)19-27-11-10-14-32(34(33)28-12-8-7-9-13-28)31(27)20-30-25(5)17-22(2)18-26(30)6/h7-20H,1-6H3/q+1. The molecule has 4 aromatic carbocycles. The largest absolute Gasteiger partial charge is 0.415 e. The van der Waals surface area contributed by atoms with E-state index in [1.807, 2.05) is 42.5 Å². The molecule has 0 saturated carbocycles. The van der Waals surface area contributed by atoms with Crippen molar-refractivity contribution in [2.75, 3.05) is 0 Å². The Morgan fingerprint density at radius 2 is 1.09 bits per heavy atom. The molecule has 4 rings (SSSR count). The second-order valence-electron chi connectivity index (χ2n) is 9.32. The van der Waals surface area contributed by atoms with Gasteiger partial charge >= 0.3 is 7.80 Å². The van der Waals surface area contributed by atoms with E-state index in [-0.39, 0.29) is 0 Å². The quantitative estimate of drug-likeness (QED) is 0.341. The molecule has 1 atom stereocenters. The topological polar surface area (TPSA) is 17.1 Å². The van der Waals surface area contributed by atoms with Crippen LogP contribution in [-0.2, 0) is 4.57 Å². The van der Waals surface area contributed by atoms with Crippen LogP contribution in [0.1, 0.15) is 44.5 Å². The van der Waals surface area contributed by atoms with Crippen molar-refractivity contribution in [2.45, 2.75) is 41.5 Å². The first-order chi connectivity index (χ1) is 16.2. The van der Waals surface area contributed by atoms with E-state index < -0.39 is 7.80 Å². The molecule has 0 bridgehead atoms. The van der Waals surface area contributed by atoms with Gasteiger partial charge in [-0.15, -0.1) is 0 Å². The highest BCUT2D eigenvalue weighted by Gasteiger charge is 2.25. The van der Waals surface area contributed by atoms with Crippen LogP contribution >= 0.6 is 7.80 Å². The second-order valence-corrected chi connectivity index (χ2v) is 10.9. The third-order valence-electron chi connectivity index (χ3n) is 6.39. The highest BCUT2D eigenvalue weighted by molar-refractivity contribution is 7.61. The summed E-state index contributed by atoms with van der Waals surface area (Å²) >= 11 is 0. The van der Waals surface area contributed by atoms with Gasteiger partial charge in [0.1, 0.15) is 0 Å². The van der Waals surface area contributed by atoms with E-state index >= 15 is 0 Å². The summed E-state index contributed by atoms with van der Waals surface area (Å²) in [5.74, 6) is 0. The van der Waals surface area contributed by atoms with Crippen LogP contribution < -0.4 is 21.0 Å². The summed E-state index contributed by atoms with van der Waals surface area (Å²) in [5, 5.41) is 3.84. The molecule has 170 valence electrons. The fraction of sp³-hybridized carbons (Fsp3) is 0.188. The van der Waals surface area contributed by atoms with Crippen molar-refractivity contribution in [3.63, 3.8) is 0 Å². The monoisotopic (exact) mass is 463 g/mol. The number of hydrogen-bond acceptors (Lipinski definition) is 1. The molecule has 4 aromatic rings. The maximum atomic E-state index is 13.8. The Balaban J connectivity index is 2.08. The zero-order valence-electron chi connectivity index (χ0n) is 20.9. The summed E-state index contributed by atoms with van der Waals surface area (Å²) in [6, 6.07) is 24.9. The molecule has 1 nitrogen and oxygen atoms in total. The average Bonchev–Trinajstić information content (AvgIpc) is 2.79. The van der Waals surface area contributed by atoms with Gasteiger partial charge in [0.2, 0.25) is 5.30 Å². The summed E-state index contributed by atoms with van der Waals surface area (Å²) in [4.78, 5) is 0. The summed E-state index contributed by atoms with van der Waals surface area (Å²) in [5.41, 5.74) is 9.92. The smallest absolute Gasteiger partial charge is 0.0619 e. The zero-order valence-corrected chi connectivity index (χ0v) is 21.8. The van der Waals surface area contributed by atoms with Crippen molar-refractivity contribution in [3.05, 3.63) is 128 Å². The van der Waals surface area contributed by atoms with E-state index in [1.165, 1.54) is 44.5 Å². The van der Waals surface area contributed by atoms with Gasteiger partial charge in [0, 0.05) is 5.22 Å². The fourth-order valence-corrected chi connectivity index (χ4v) is 6.23. The molecule has 34 heavy (non-hydrogen) atoms. The minimum Gasteiger partial charge on any atom is -0.0619 e. The Kier molecular flexibility index (Phi) is 6.96. The Morgan fingerprint density at radius 3 is 1.62 bits per heavy atom. The first kappa shape index (κ1) is 23.9. The summed E-state index contributed by atoms with van der Waals surface area (Å²) in [6.07, 6.45) is 4.49. The number of aryl methyl sites for hydroxylation is 6. The van der Waals surface area contributed by atoms with Crippen molar-refractivity contribution < 1.29 is 4.57 Å². The van der Waals surface area contributed by atoms with Crippen LogP contribution in [-0.4, -0.2) is 0 Å². The highest BCUT2D eigenvalue weighted by atomic mass is 31.1. The Morgan fingerprint density at radius 1 is 0.588 bits per heavy atom. The van der Waals surface area contributed by atoms with Crippen LogP contribution in [0.4, 0.5) is 0 Å². The summed E-state index contributed by atoms with van der Waals surface area (Å²) < 4.78 is 13.8. The molecule has 0 fully saturated rings. The first-order valence-corrected chi connectivity index (χ1v) is 13.0. The molecule has 0 amide bonds. The molecule has 0 aliphatic heterocycles. The molecule has 2 heteroatoms. The molecular weight excluding hydrogens is 431 g/mol. The third-order valence-corrected chi connectivity index (χ3v) is 7.99. The van der Waals surface area contributed by atoms with Crippen molar-refractivity contribution in [3.8, 4) is 0 Å². The maximum Gasteiger partial charge on any atom is 0.415 e. The van der Waals surface area contributed by atoms with Gasteiger partial charge in [0.25, 0.3) is 0 Å². The SMILES string of the molecule is Cc1cc(C)c(C=c2cccc([P+](=O)c3ccccc3)c2=Cc2c(C)cc(C)cc2C)c(C)c1. The highest BCUT2D eigenvalue weighted by Crippen LogP contribution is 2.20. The lowest BCUT2D eigenvalue weighted by Crippen LogP contribution is -2.37. The lowest BCUT2D eigenvalue weighted by molar-refractivity contribution is 0.598. The predicted molar refractivity (Wildman–Crippen MR) is 147 cm³/mol. The van der Waals surface area contributed by atoms with E-state index in [4.69, 9.17) is 0 Å². The van der Waals surface area contributed by atoms with Crippen molar-refractivity contribution in [1.29, 1.82) is 0 Å². The minimum absolute atomic E-state index is 0.851. The van der Waals surface area contributed by atoms with E-state index in [9.17, 15) is 4.57 Å². The maximum absolute atomic E-state index is 13.8. The Labute approximate surface area is 204 Å².